The van der Waals surface area contributed by atoms with E-state index in [-0.39, 0.29) is 24.1 Å². The van der Waals surface area contributed by atoms with Crippen molar-refractivity contribution in [1.82, 2.24) is 9.80 Å². The molecule has 6 heteroatoms. The van der Waals surface area contributed by atoms with Gasteiger partial charge in [-0.15, -0.1) is 0 Å². The molecule has 0 unspecified atom stereocenters. The minimum absolute atomic E-state index is 0.00529. The van der Waals surface area contributed by atoms with Crippen LogP contribution in [0.15, 0.2) is 0 Å². The molecule has 0 aromatic heterocycles. The predicted molar refractivity (Wildman–Crippen MR) is 93.9 cm³/mol. The van der Waals surface area contributed by atoms with Crippen LogP contribution in [0.4, 0.5) is 4.79 Å². The number of piperazine rings is 1. The van der Waals surface area contributed by atoms with Crippen molar-refractivity contribution in [1.29, 1.82) is 0 Å². The van der Waals surface area contributed by atoms with Crippen molar-refractivity contribution in [3.05, 3.63) is 0 Å². The van der Waals surface area contributed by atoms with Crippen molar-refractivity contribution in [2.75, 3.05) is 19.7 Å². The Hall–Kier alpha value is -1.30. The minimum atomic E-state index is -0.519. The van der Waals surface area contributed by atoms with E-state index in [1.807, 2.05) is 39.5 Å². The van der Waals surface area contributed by atoms with E-state index < -0.39 is 11.7 Å². The first-order valence-electron chi connectivity index (χ1n) is 8.98. The molecule has 1 aliphatic heterocycles. The van der Waals surface area contributed by atoms with Crippen LogP contribution in [0.2, 0.25) is 0 Å². The van der Waals surface area contributed by atoms with Crippen LogP contribution in [0.1, 0.15) is 61.3 Å². The van der Waals surface area contributed by atoms with Crippen LogP contribution < -0.4 is 0 Å². The lowest BCUT2D eigenvalue weighted by Gasteiger charge is -2.44. The van der Waals surface area contributed by atoms with Crippen LogP contribution in [-0.4, -0.2) is 65.3 Å². The highest BCUT2D eigenvalue weighted by atomic mass is 16.6. The summed E-state index contributed by atoms with van der Waals surface area (Å²) in [6, 6.07) is -0.138. The van der Waals surface area contributed by atoms with E-state index in [1.54, 1.807) is 11.8 Å². The van der Waals surface area contributed by atoms with Crippen LogP contribution >= 0.6 is 0 Å². The van der Waals surface area contributed by atoms with Gasteiger partial charge in [-0.1, -0.05) is 13.3 Å². The molecule has 0 N–H and O–H groups in total. The lowest BCUT2D eigenvalue weighted by molar-refractivity contribution is -0.148. The lowest BCUT2D eigenvalue weighted by atomic mass is 10.1. The summed E-state index contributed by atoms with van der Waals surface area (Å²) in [4.78, 5) is 28.5. The highest BCUT2D eigenvalue weighted by Crippen LogP contribution is 2.20. The van der Waals surface area contributed by atoms with Gasteiger partial charge < -0.3 is 19.3 Å². The number of carbonyl (C=O) groups excluding carboxylic acids is 2. The van der Waals surface area contributed by atoms with E-state index in [0.717, 1.165) is 12.8 Å². The zero-order valence-electron chi connectivity index (χ0n) is 16.3. The first-order chi connectivity index (χ1) is 11.1. The second-order valence-electron chi connectivity index (χ2n) is 7.69. The molecule has 1 heterocycles. The van der Waals surface area contributed by atoms with E-state index in [0.29, 0.717) is 19.7 Å². The summed E-state index contributed by atoms with van der Waals surface area (Å²) >= 11 is 0. The number of hydrogen-bond acceptors (Lipinski definition) is 4. The van der Waals surface area contributed by atoms with Crippen molar-refractivity contribution in [3.8, 4) is 0 Å². The number of unbranched alkanes of at least 4 members (excludes halogenated alkanes) is 1. The maximum Gasteiger partial charge on any atom is 0.410 e. The Morgan fingerprint density at radius 3 is 2.21 bits per heavy atom. The fraction of sp³-hybridized carbons (Fsp3) is 0.889. The summed E-state index contributed by atoms with van der Waals surface area (Å²) in [6.07, 6.45) is 1.24. The molecule has 0 aliphatic carbocycles. The van der Waals surface area contributed by atoms with Crippen molar-refractivity contribution in [2.24, 2.45) is 0 Å². The van der Waals surface area contributed by atoms with Crippen LogP contribution in [0.25, 0.3) is 0 Å². The Morgan fingerprint density at radius 1 is 1.12 bits per heavy atom. The smallest absolute Gasteiger partial charge is 0.410 e. The monoisotopic (exact) mass is 342 g/mol. The zero-order valence-corrected chi connectivity index (χ0v) is 16.3. The normalized spacial score (nSPS) is 23.1. The van der Waals surface area contributed by atoms with Gasteiger partial charge in [0.05, 0.1) is 0 Å². The number of ether oxygens (including phenoxy) is 2. The van der Waals surface area contributed by atoms with Crippen LogP contribution in [-0.2, 0) is 14.3 Å². The maximum atomic E-state index is 12.6. The molecule has 1 fully saturated rings. The Bertz CT molecular complexity index is 433. The first kappa shape index (κ1) is 20.7. The lowest BCUT2D eigenvalue weighted by Crippen LogP contribution is -2.61. The standard InChI is InChI=1S/C18H34N2O4/c1-8-9-10-23-15(4)16(21)19-11-14(3)20(12-13(19)2)17(22)24-18(5,6)7/h13-15H,8-12H2,1-7H3/t13-,14+,15-/m1/s1. The van der Waals surface area contributed by atoms with Crippen molar-refractivity contribution < 1.29 is 19.1 Å². The Balaban J connectivity index is 2.64. The third kappa shape index (κ3) is 5.96. The van der Waals surface area contributed by atoms with Gasteiger partial charge in [-0.25, -0.2) is 4.79 Å². The quantitative estimate of drug-likeness (QED) is 0.721. The summed E-state index contributed by atoms with van der Waals surface area (Å²) in [5, 5.41) is 0. The molecular weight excluding hydrogens is 308 g/mol. The Morgan fingerprint density at radius 2 is 1.67 bits per heavy atom. The van der Waals surface area contributed by atoms with Gasteiger partial charge in [0.1, 0.15) is 11.7 Å². The number of rotatable bonds is 5. The molecule has 0 aromatic rings. The molecule has 0 aromatic carbocycles. The molecular formula is C18H34N2O4. The van der Waals surface area contributed by atoms with Crippen molar-refractivity contribution in [3.63, 3.8) is 0 Å². The molecule has 140 valence electrons. The molecule has 2 amide bonds. The summed E-state index contributed by atoms with van der Waals surface area (Å²) in [6.45, 7) is 14.9. The Labute approximate surface area is 146 Å². The molecule has 0 bridgehead atoms. The van der Waals surface area contributed by atoms with Gasteiger partial charge in [-0.3, -0.25) is 4.79 Å². The average molecular weight is 342 g/mol. The maximum absolute atomic E-state index is 12.6. The van der Waals surface area contributed by atoms with Gasteiger partial charge in [0.15, 0.2) is 0 Å². The molecule has 24 heavy (non-hydrogen) atoms. The Kier molecular flexibility index (Phi) is 7.52. The summed E-state index contributed by atoms with van der Waals surface area (Å²) in [7, 11) is 0. The number of nitrogens with zero attached hydrogens (tertiary/aromatic N) is 2. The number of hydrogen-bond donors (Lipinski definition) is 0. The first-order valence-corrected chi connectivity index (χ1v) is 8.98. The highest BCUT2D eigenvalue weighted by molar-refractivity contribution is 5.81. The van der Waals surface area contributed by atoms with Crippen molar-refractivity contribution in [2.45, 2.75) is 85.1 Å². The molecule has 0 saturated carbocycles. The van der Waals surface area contributed by atoms with Gasteiger partial charge in [0.25, 0.3) is 5.91 Å². The summed E-state index contributed by atoms with van der Waals surface area (Å²) < 4.78 is 11.1. The average Bonchev–Trinajstić information content (AvgIpc) is 2.46. The SMILES string of the molecule is CCCCO[C@H](C)C(=O)N1C[C@H](C)N(C(=O)OC(C)(C)C)C[C@H]1C. The van der Waals surface area contributed by atoms with Gasteiger partial charge in [-0.2, -0.15) is 0 Å². The van der Waals surface area contributed by atoms with E-state index >= 15 is 0 Å². The molecule has 0 spiro atoms. The zero-order chi connectivity index (χ0) is 18.5. The molecule has 6 nitrogen and oxygen atoms in total. The molecule has 3 atom stereocenters. The van der Waals surface area contributed by atoms with E-state index in [2.05, 4.69) is 6.92 Å². The molecule has 1 rings (SSSR count). The second-order valence-corrected chi connectivity index (χ2v) is 7.69. The van der Waals surface area contributed by atoms with Crippen LogP contribution in [0.5, 0.6) is 0 Å². The molecule has 1 aliphatic rings. The van der Waals surface area contributed by atoms with Gasteiger partial charge in [-0.05, 0) is 48.0 Å². The number of amides is 2. The largest absolute Gasteiger partial charge is 0.444 e. The van der Waals surface area contributed by atoms with Gasteiger partial charge in [0.2, 0.25) is 0 Å². The van der Waals surface area contributed by atoms with Crippen molar-refractivity contribution >= 4 is 12.0 Å². The second kappa shape index (κ2) is 8.70. The minimum Gasteiger partial charge on any atom is -0.444 e. The van der Waals surface area contributed by atoms with Crippen LogP contribution in [0.3, 0.4) is 0 Å². The summed E-state index contributed by atoms with van der Waals surface area (Å²) in [5.41, 5.74) is -0.519. The van der Waals surface area contributed by atoms with Gasteiger partial charge in [0, 0.05) is 31.8 Å². The third-order valence-electron chi connectivity index (χ3n) is 4.11. The topological polar surface area (TPSA) is 59.1 Å². The van der Waals surface area contributed by atoms with Crippen LogP contribution in [0, 0.1) is 0 Å². The highest BCUT2D eigenvalue weighted by Gasteiger charge is 2.37. The fourth-order valence-corrected chi connectivity index (χ4v) is 2.72. The summed E-state index contributed by atoms with van der Waals surface area (Å²) in [5.74, 6) is -0.00529. The third-order valence-corrected chi connectivity index (χ3v) is 4.11. The van der Waals surface area contributed by atoms with E-state index in [1.165, 1.54) is 0 Å². The van der Waals surface area contributed by atoms with Gasteiger partial charge >= 0.3 is 6.09 Å². The molecule has 0 radical (unpaired) electrons. The molecule has 1 saturated heterocycles. The fourth-order valence-electron chi connectivity index (χ4n) is 2.72. The predicted octanol–water partition coefficient (Wildman–Crippen LogP) is 3.05. The van der Waals surface area contributed by atoms with E-state index in [9.17, 15) is 9.59 Å². The van der Waals surface area contributed by atoms with E-state index in [4.69, 9.17) is 9.47 Å². The number of carbonyl (C=O) groups is 2.